The predicted octanol–water partition coefficient (Wildman–Crippen LogP) is 34.2. The van der Waals surface area contributed by atoms with Gasteiger partial charge in [0, 0.05) is 73.7 Å². The maximum absolute atomic E-state index is 5.72. The number of aromatic nitrogens is 6. The zero-order valence-corrected chi connectivity index (χ0v) is 72.9. The van der Waals surface area contributed by atoms with E-state index < -0.39 is 0 Å². The largest absolute Gasteiger partial charge is 0.208 e. The number of thiophene rings is 2. The molecule has 0 aliphatic rings. The molecule has 0 fully saturated rings. The van der Waals surface area contributed by atoms with E-state index in [1.54, 1.807) is 22.7 Å². The van der Waals surface area contributed by atoms with Crippen molar-refractivity contribution >= 4 is 138 Å². The van der Waals surface area contributed by atoms with Crippen molar-refractivity contribution in [2.45, 2.75) is 0 Å². The fourth-order valence-electron chi connectivity index (χ4n) is 20.7. The molecule has 0 aliphatic carbocycles. The lowest BCUT2D eigenvalue weighted by Crippen LogP contribution is -2.02. The van der Waals surface area contributed by atoms with Crippen LogP contribution in [0.25, 0.3) is 273 Å². The summed E-state index contributed by atoms with van der Waals surface area (Å²) in [5.41, 5.74) is 23.7. The van der Waals surface area contributed by atoms with Crippen LogP contribution in [0.5, 0.6) is 0 Å². The number of hydrogen-bond acceptors (Lipinski definition) is 8. The molecule has 0 amide bonds. The molecule has 612 valence electrons. The maximum Gasteiger partial charge on any atom is 0.165 e. The first-order chi connectivity index (χ1) is 65.5. The van der Waals surface area contributed by atoms with Gasteiger partial charge in [-0.3, -0.25) is 0 Å². The molecule has 0 atom stereocenters. The highest BCUT2D eigenvalue weighted by Gasteiger charge is 2.28. The van der Waals surface area contributed by atoms with Gasteiger partial charge in [-0.05, 0) is 213 Å². The van der Waals surface area contributed by atoms with E-state index in [1.165, 1.54) is 92.1 Å². The molecule has 4 heterocycles. The van der Waals surface area contributed by atoms with Crippen molar-refractivity contribution in [1.29, 1.82) is 0 Å². The molecule has 132 heavy (non-hydrogen) atoms. The molecule has 0 radical (unpaired) electrons. The van der Waals surface area contributed by atoms with Gasteiger partial charge in [0.15, 0.2) is 34.9 Å². The third-order valence-corrected chi connectivity index (χ3v) is 29.1. The van der Waals surface area contributed by atoms with Gasteiger partial charge in [-0.15, -0.1) is 22.7 Å². The molecule has 8 heteroatoms. The molecule has 0 unspecified atom stereocenters. The van der Waals surface area contributed by atoms with Crippen LogP contribution in [-0.4, -0.2) is 29.9 Å². The minimum Gasteiger partial charge on any atom is -0.208 e. The monoisotopic (exact) mass is 1710 g/mol. The van der Waals surface area contributed by atoms with Gasteiger partial charge < -0.3 is 0 Å². The number of hydrogen-bond donors (Lipinski definition) is 0. The van der Waals surface area contributed by atoms with Gasteiger partial charge >= 0.3 is 0 Å². The number of fused-ring (bicyclic) bond motifs is 13. The molecular weight excluding hydrogens is 1640 g/mol. The molecule has 26 rings (SSSR count). The SMILES string of the molecule is c1ccc(-c2ccccc2-c2nc(-c3ccc(-c4c5ccccc5c(-c5ccccc5-c5ccccc5)c5ccccc45)c4ccccc34)nc(-c3cccc4c3sc3ccc(-c5ccc6c(-c7cccc8ccccc78)c7ccccc7c(-c7ccc(-c8nc(-c9ccccc9-c9ccccc9)nc(-c9cccc%10c9sc9ccccc9%10)n8)c8ccccc78)c6c5)cc34)n2)cc1. The Bertz CT molecular complexity index is 9180. The zero-order valence-electron chi connectivity index (χ0n) is 71.2. The van der Waals surface area contributed by atoms with Gasteiger partial charge in [0.05, 0.1) is 0 Å². The third kappa shape index (κ3) is 12.7. The Morgan fingerprint density at radius 2 is 0.394 bits per heavy atom. The van der Waals surface area contributed by atoms with Crippen LogP contribution in [0, 0.1) is 0 Å². The molecule has 22 aromatic carbocycles. The molecule has 0 saturated heterocycles. The van der Waals surface area contributed by atoms with Crippen LogP contribution in [0.2, 0.25) is 0 Å². The van der Waals surface area contributed by atoms with E-state index in [1.807, 2.05) is 0 Å². The molecule has 0 aliphatic heterocycles. The summed E-state index contributed by atoms with van der Waals surface area (Å²) in [5, 5.41) is 20.7. The van der Waals surface area contributed by atoms with Gasteiger partial charge in [-0.25, -0.2) is 29.9 Å². The van der Waals surface area contributed by atoms with Crippen molar-refractivity contribution in [2.24, 2.45) is 0 Å². The molecule has 0 N–H and O–H groups in total. The van der Waals surface area contributed by atoms with Crippen LogP contribution in [0.15, 0.2) is 449 Å². The van der Waals surface area contributed by atoms with Crippen molar-refractivity contribution in [3.05, 3.63) is 449 Å². The average molecular weight is 1710 g/mol. The summed E-state index contributed by atoms with van der Waals surface area (Å²) >= 11 is 3.57. The summed E-state index contributed by atoms with van der Waals surface area (Å²) in [6, 6.07) is 163. The van der Waals surface area contributed by atoms with E-state index in [0.29, 0.717) is 34.9 Å². The molecule has 6 nitrogen and oxygen atoms in total. The van der Waals surface area contributed by atoms with E-state index >= 15 is 0 Å². The Balaban J connectivity index is 0.643. The number of nitrogens with zero attached hydrogens (tertiary/aromatic N) is 6. The van der Waals surface area contributed by atoms with E-state index in [-0.39, 0.29) is 0 Å². The van der Waals surface area contributed by atoms with E-state index in [0.717, 1.165) is 146 Å². The summed E-state index contributed by atoms with van der Waals surface area (Å²) in [6.45, 7) is 0. The van der Waals surface area contributed by atoms with Gasteiger partial charge in [-0.1, -0.05) is 400 Å². The molecule has 0 spiro atoms. The average Bonchev–Trinajstić information content (AvgIpc) is 1.12. The Kier molecular flexibility index (Phi) is 18.3. The Hall–Kier alpha value is -16.9. The standard InChI is InChI=1S/C124H74N6S2/c1-4-33-75(34-5-1)81-42-12-19-50-90(81)113-92-51-20-22-53-94(92)115(95-54-23-21-52-93(95)113)98-68-70-105(87-47-17-15-45-85(87)98)121-126-120(104-58-27-14-44-84(104)77-37-8-3-9-38-77)128-124(130-121)108-63-32-61-102-109-73-80(66-72-112(109)132-118(102)108)79-65-67-100-110(74-79)116(97-56-25-24-55-96(97)114(100)91-59-30-40-78-39-10-11-41-82(78)91)99-69-71-106(88-48-18-16-46-86(88)99)122-125-119(103-57-26-13-43-83(103)76-35-6-2-7-36-76)127-123(129-122)107-62-31-60-101-89-49-28-29-64-111(89)131-117(101)107/h1-74H. The van der Waals surface area contributed by atoms with Crippen molar-refractivity contribution in [1.82, 2.24) is 29.9 Å². The zero-order chi connectivity index (χ0) is 86.9. The lowest BCUT2D eigenvalue weighted by atomic mass is 9.82. The van der Waals surface area contributed by atoms with E-state index in [9.17, 15) is 0 Å². The van der Waals surface area contributed by atoms with Gasteiger partial charge in [-0.2, -0.15) is 0 Å². The normalized spacial score (nSPS) is 11.8. The van der Waals surface area contributed by atoms with Crippen molar-refractivity contribution in [2.75, 3.05) is 0 Å². The Labute approximate surface area is 768 Å². The summed E-state index contributed by atoms with van der Waals surface area (Å²) in [5.74, 6) is 3.59. The second-order valence-corrected chi connectivity index (χ2v) is 36.1. The quantitative estimate of drug-likeness (QED) is 0.101. The van der Waals surface area contributed by atoms with Gasteiger partial charge in [0.1, 0.15) is 0 Å². The third-order valence-electron chi connectivity index (χ3n) is 26.7. The second-order valence-electron chi connectivity index (χ2n) is 34.0. The van der Waals surface area contributed by atoms with Crippen molar-refractivity contribution < 1.29 is 0 Å². The summed E-state index contributed by atoms with van der Waals surface area (Å²) in [4.78, 5) is 33.7. The fraction of sp³-hybridized carbons (Fsp3) is 0. The van der Waals surface area contributed by atoms with Gasteiger partial charge in [0.25, 0.3) is 0 Å². The predicted molar refractivity (Wildman–Crippen MR) is 558 cm³/mol. The molecule has 26 aromatic rings. The first kappa shape index (κ1) is 76.4. The van der Waals surface area contributed by atoms with E-state index in [4.69, 9.17) is 29.9 Å². The Morgan fingerprint density at radius 1 is 0.129 bits per heavy atom. The van der Waals surface area contributed by atoms with Crippen molar-refractivity contribution in [3.63, 3.8) is 0 Å². The van der Waals surface area contributed by atoms with Crippen LogP contribution >= 0.6 is 22.7 Å². The number of benzene rings is 22. The van der Waals surface area contributed by atoms with Crippen LogP contribution in [0.4, 0.5) is 0 Å². The van der Waals surface area contributed by atoms with Crippen LogP contribution in [0.3, 0.4) is 0 Å². The van der Waals surface area contributed by atoms with E-state index in [2.05, 4.69) is 449 Å². The first-order valence-electron chi connectivity index (χ1n) is 44.8. The highest BCUT2D eigenvalue weighted by molar-refractivity contribution is 7.26. The lowest BCUT2D eigenvalue weighted by Gasteiger charge is -2.21. The molecule has 4 aromatic heterocycles. The highest BCUT2D eigenvalue weighted by atomic mass is 32.1. The smallest absolute Gasteiger partial charge is 0.165 e. The van der Waals surface area contributed by atoms with Gasteiger partial charge in [0.2, 0.25) is 0 Å². The van der Waals surface area contributed by atoms with Crippen molar-refractivity contribution in [3.8, 4) is 157 Å². The van der Waals surface area contributed by atoms with Crippen LogP contribution < -0.4 is 0 Å². The fourth-order valence-corrected chi connectivity index (χ4v) is 23.1. The molecule has 0 bridgehead atoms. The molecular formula is C124H74N6S2. The highest BCUT2D eigenvalue weighted by Crippen LogP contribution is 2.54. The second kappa shape index (κ2) is 31.6. The lowest BCUT2D eigenvalue weighted by molar-refractivity contribution is 1.08. The summed E-state index contributed by atoms with van der Waals surface area (Å²) in [6.07, 6.45) is 0. The Morgan fingerprint density at radius 3 is 0.864 bits per heavy atom. The maximum atomic E-state index is 5.72. The summed E-state index contributed by atoms with van der Waals surface area (Å²) in [7, 11) is 0. The molecule has 0 saturated carbocycles. The first-order valence-corrected chi connectivity index (χ1v) is 46.4. The van der Waals surface area contributed by atoms with Crippen LogP contribution in [0.1, 0.15) is 0 Å². The number of rotatable bonds is 14. The minimum atomic E-state index is 0.587. The topological polar surface area (TPSA) is 77.3 Å². The summed E-state index contributed by atoms with van der Waals surface area (Å²) < 4.78 is 4.61. The minimum absolute atomic E-state index is 0.587. The van der Waals surface area contributed by atoms with Crippen LogP contribution in [-0.2, 0) is 0 Å².